The molecule has 0 aromatic heterocycles. The number of hydrogen-bond donors (Lipinski definition) is 0. The van der Waals surface area contributed by atoms with E-state index >= 15 is 0 Å². The number of hydrogen-bond acceptors (Lipinski definition) is 2. The van der Waals surface area contributed by atoms with Crippen molar-refractivity contribution >= 4 is 16.5 Å². The molecule has 22 valence electrons. The van der Waals surface area contributed by atoms with E-state index < -0.39 is 0 Å². The fourth-order valence-electron chi connectivity index (χ4n) is 0. The van der Waals surface area contributed by atoms with Gasteiger partial charge in [0.05, 0.1) is 0 Å². The van der Waals surface area contributed by atoms with Gasteiger partial charge in [-0.05, 0) is 0 Å². The summed E-state index contributed by atoms with van der Waals surface area (Å²) in [5, 5.41) is 0. The quantitative estimate of drug-likeness (QED) is 0.581. The minimum absolute atomic E-state index is 0. The molecule has 4 heavy (non-hydrogen) atoms. The Bertz CT molecular complexity index is 9.61. The molecule has 0 aliphatic carbocycles. The van der Waals surface area contributed by atoms with Crippen LogP contribution in [0.15, 0.2) is 0 Å². The van der Waals surface area contributed by atoms with E-state index in [9.17, 15) is 0 Å². The molecule has 0 bridgehead atoms. The average molecular weight is 427 g/mol. The third-order valence-corrected chi connectivity index (χ3v) is 20.1. The average Bonchev–Trinajstić information content (AvgIpc) is 1.37. The summed E-state index contributed by atoms with van der Waals surface area (Å²) < 4.78 is 0. The third kappa shape index (κ3) is 4.18. The van der Waals surface area contributed by atoms with Crippen molar-refractivity contribution in [2.24, 2.45) is 0 Å². The fourth-order valence-corrected chi connectivity index (χ4v) is 0. The Morgan fingerprint density at radius 1 is 1.25 bits per heavy atom. The van der Waals surface area contributed by atoms with Crippen molar-refractivity contribution in [3.63, 3.8) is 0 Å². The first-order valence-electron chi connectivity index (χ1n) is 0.532. The molecule has 0 aromatic carbocycles. The van der Waals surface area contributed by atoms with E-state index in [0.29, 0.717) is 0 Å². The standard InChI is InChI=1S/S2.2Ta/c1-2;;/q-2;2*+1/p+1. The van der Waals surface area contributed by atoms with Crippen molar-refractivity contribution < 1.29 is 40.9 Å². The predicted molar refractivity (Wildman–Crippen MR) is 16.3 cm³/mol. The van der Waals surface area contributed by atoms with Crippen LogP contribution in [0.2, 0.25) is 0 Å². The van der Waals surface area contributed by atoms with E-state index in [0.717, 1.165) is 0 Å². The zero-order chi connectivity index (χ0) is 3.41. The van der Waals surface area contributed by atoms with Gasteiger partial charge < -0.3 is 0 Å². The van der Waals surface area contributed by atoms with E-state index in [1.165, 1.54) is 39.5 Å². The minimum atomic E-state index is 0. The maximum absolute atomic E-state index is 1.93. The molecule has 0 fully saturated rings. The second kappa shape index (κ2) is 5.18. The molecule has 0 aliphatic rings. The molecule has 0 amide bonds. The van der Waals surface area contributed by atoms with Gasteiger partial charge in [0.25, 0.3) is 0 Å². The van der Waals surface area contributed by atoms with Crippen LogP contribution in [0.5, 0.6) is 0 Å². The van der Waals surface area contributed by atoms with Gasteiger partial charge in [0, 0.05) is 0 Å². The van der Waals surface area contributed by atoms with Crippen LogP contribution in [-0.2, 0) is 39.5 Å². The first-order chi connectivity index (χ1) is 1.91. The summed E-state index contributed by atoms with van der Waals surface area (Å²) in [6, 6.07) is 0. The van der Waals surface area contributed by atoms with E-state index in [1.807, 2.05) is 16.5 Å². The van der Waals surface area contributed by atoms with Crippen LogP contribution in [0.25, 0.3) is 0 Å². The van der Waals surface area contributed by atoms with Crippen molar-refractivity contribution in [2.45, 2.75) is 0 Å². The van der Waals surface area contributed by atoms with Gasteiger partial charge in [0.1, 0.15) is 0 Å². The first-order valence-corrected chi connectivity index (χ1v) is 10.5. The Labute approximate surface area is 56.8 Å². The van der Waals surface area contributed by atoms with Crippen LogP contribution in [0.4, 0.5) is 0 Å². The van der Waals surface area contributed by atoms with Crippen molar-refractivity contribution in [1.29, 1.82) is 0 Å². The molecule has 0 saturated carbocycles. The summed E-state index contributed by atoms with van der Waals surface area (Å²) in [4.78, 5) is 0. The van der Waals surface area contributed by atoms with Gasteiger partial charge in [0.15, 0.2) is 0 Å². The molecule has 4 heteroatoms. The van der Waals surface area contributed by atoms with Gasteiger partial charge in [-0.3, -0.25) is 0 Å². The molecule has 0 aromatic rings. The summed E-state index contributed by atoms with van der Waals surface area (Å²) in [6.45, 7) is 0. The van der Waals surface area contributed by atoms with E-state index in [1.54, 1.807) is 0 Å². The van der Waals surface area contributed by atoms with Gasteiger partial charge in [-0.15, -0.1) is 0 Å². The summed E-state index contributed by atoms with van der Waals surface area (Å²) in [7, 11) is 3.87. The molecule has 0 unspecified atom stereocenters. The van der Waals surface area contributed by atoms with Gasteiger partial charge in [-0.25, -0.2) is 0 Å². The zero-order valence-corrected chi connectivity index (χ0v) is 9.77. The second-order valence-corrected chi connectivity index (χ2v) is 11.0. The fraction of sp³-hybridized carbons (Fsp3) is 0. The molecule has 0 nitrogen and oxygen atoms in total. The van der Waals surface area contributed by atoms with Gasteiger partial charge in [-0.1, -0.05) is 0 Å². The Morgan fingerprint density at radius 2 is 1.50 bits per heavy atom. The van der Waals surface area contributed by atoms with Crippen molar-refractivity contribution in [2.75, 3.05) is 0 Å². The Kier molecular flexibility index (Phi) is 8.00. The zero-order valence-electron chi connectivity index (χ0n) is 2.71. The monoisotopic (exact) mass is 427 g/mol. The summed E-state index contributed by atoms with van der Waals surface area (Å²) in [5.41, 5.74) is 0. The molecule has 0 N–H and O–H groups in total. The van der Waals surface area contributed by atoms with E-state index in [4.69, 9.17) is 0 Å². The Morgan fingerprint density at radius 3 is 1.50 bits per heavy atom. The normalized spacial score (nSPS) is 7.00. The Hall–Kier alpha value is 2.18. The molecule has 0 spiro atoms. The van der Waals surface area contributed by atoms with Gasteiger partial charge >= 0.3 is 57.4 Å². The third-order valence-electron chi connectivity index (χ3n) is 0.0333. The molecule has 0 heterocycles. The van der Waals surface area contributed by atoms with E-state index in [-0.39, 0.29) is 1.43 Å². The molecule has 0 radical (unpaired) electrons. The van der Waals surface area contributed by atoms with Crippen molar-refractivity contribution in [3.05, 3.63) is 0 Å². The number of rotatable bonds is 1. The van der Waals surface area contributed by atoms with Gasteiger partial charge in [0.2, 0.25) is 0 Å². The van der Waals surface area contributed by atoms with Crippen LogP contribution < -0.4 is 0 Å². The van der Waals surface area contributed by atoms with E-state index in [2.05, 4.69) is 0 Å². The molecule has 0 atom stereocenters. The molecular weight excluding hydrogens is 426 g/mol. The van der Waals surface area contributed by atoms with Gasteiger partial charge in [-0.2, -0.15) is 0 Å². The summed E-state index contributed by atoms with van der Waals surface area (Å²) >= 11 is 2.91. The Balaban J connectivity index is 0. The van der Waals surface area contributed by atoms with Crippen molar-refractivity contribution in [3.8, 4) is 0 Å². The summed E-state index contributed by atoms with van der Waals surface area (Å²) in [6.07, 6.45) is 0. The maximum atomic E-state index is 1.93. The summed E-state index contributed by atoms with van der Waals surface area (Å²) in [5.74, 6) is 0. The molecule has 0 rings (SSSR count). The second-order valence-electron chi connectivity index (χ2n) is 0.149. The predicted octanol–water partition coefficient (Wildman–Crippen LogP) is 1.40. The SMILES string of the molecule is [H+].[Ta][S][S][Ta]. The molecule has 0 saturated heterocycles. The van der Waals surface area contributed by atoms with Crippen LogP contribution in [0, 0.1) is 0 Å². The topological polar surface area (TPSA) is 0 Å². The molecule has 0 aliphatic heterocycles. The van der Waals surface area contributed by atoms with Crippen LogP contribution in [0.1, 0.15) is 1.43 Å². The van der Waals surface area contributed by atoms with Crippen LogP contribution in [0.3, 0.4) is 0 Å². The van der Waals surface area contributed by atoms with Crippen molar-refractivity contribution in [1.82, 2.24) is 0 Å². The first kappa shape index (κ1) is 6.18. The molecular formula is HS2Ta2+. The van der Waals surface area contributed by atoms with Crippen LogP contribution in [-0.4, -0.2) is 0 Å². The van der Waals surface area contributed by atoms with Crippen LogP contribution >= 0.6 is 16.5 Å².